The molecule has 1 atom stereocenters. The van der Waals surface area contributed by atoms with Crippen molar-refractivity contribution < 1.29 is 14.1 Å². The average Bonchev–Trinajstić information content (AvgIpc) is 2.41. The van der Waals surface area contributed by atoms with Crippen LogP contribution < -0.4 is 4.90 Å². The Morgan fingerprint density at radius 2 is 2.21 bits per heavy atom. The summed E-state index contributed by atoms with van der Waals surface area (Å²) in [6.07, 6.45) is 3.28. The van der Waals surface area contributed by atoms with Crippen molar-refractivity contribution in [2.45, 2.75) is 32.2 Å². The van der Waals surface area contributed by atoms with E-state index in [4.69, 9.17) is 0 Å². The van der Waals surface area contributed by atoms with Crippen molar-refractivity contribution in [2.75, 3.05) is 11.4 Å². The number of carbonyl (C=O) groups is 1. The molecule has 6 heteroatoms. The van der Waals surface area contributed by atoms with E-state index in [1.54, 1.807) is 11.8 Å². The van der Waals surface area contributed by atoms with E-state index in [1.165, 1.54) is 6.07 Å². The largest absolute Gasteiger partial charge is 0.356 e. The summed E-state index contributed by atoms with van der Waals surface area (Å²) >= 11 is 0. The Bertz CT molecular complexity index is 519. The van der Waals surface area contributed by atoms with E-state index < -0.39 is 10.7 Å². The first-order chi connectivity index (χ1) is 9.04. The highest BCUT2D eigenvalue weighted by Crippen LogP contribution is 2.34. The number of rotatable bonds is 3. The van der Waals surface area contributed by atoms with E-state index in [0.717, 1.165) is 25.2 Å². The number of carbonyl (C=O) groups excluding carboxylic acids is 1. The number of benzene rings is 1. The number of halogens is 1. The first-order valence-corrected chi connectivity index (χ1v) is 6.21. The second kappa shape index (κ2) is 5.34. The fourth-order valence-corrected chi connectivity index (χ4v) is 2.43. The van der Waals surface area contributed by atoms with Gasteiger partial charge in [0.05, 0.1) is 17.0 Å². The van der Waals surface area contributed by atoms with Crippen LogP contribution in [0, 0.1) is 22.9 Å². The number of nitro benzene ring substituents is 1. The molecule has 1 aliphatic rings. The fraction of sp³-hybridized carbons (Fsp3) is 0.462. The van der Waals surface area contributed by atoms with E-state index in [0.29, 0.717) is 24.2 Å². The molecular weight excluding hydrogens is 251 g/mol. The highest BCUT2D eigenvalue weighted by Gasteiger charge is 2.28. The van der Waals surface area contributed by atoms with Crippen LogP contribution in [0.4, 0.5) is 15.8 Å². The summed E-state index contributed by atoms with van der Waals surface area (Å²) in [5, 5.41) is 11.0. The first-order valence-electron chi connectivity index (χ1n) is 6.21. The number of nitro groups is 1. The maximum absolute atomic E-state index is 13.5. The van der Waals surface area contributed by atoms with Gasteiger partial charge in [-0.3, -0.25) is 10.1 Å². The quantitative estimate of drug-likeness (QED) is 0.479. The normalized spacial score (nSPS) is 19.3. The van der Waals surface area contributed by atoms with Crippen molar-refractivity contribution in [1.82, 2.24) is 0 Å². The van der Waals surface area contributed by atoms with Gasteiger partial charge in [0.1, 0.15) is 17.8 Å². The summed E-state index contributed by atoms with van der Waals surface area (Å²) in [4.78, 5) is 23.2. The number of nitrogens with zero attached hydrogens (tertiary/aromatic N) is 2. The summed E-state index contributed by atoms with van der Waals surface area (Å²) < 4.78 is 13.5. The number of hydrogen-bond donors (Lipinski definition) is 0. The molecule has 0 amide bonds. The zero-order chi connectivity index (χ0) is 14.0. The monoisotopic (exact) mass is 266 g/mol. The summed E-state index contributed by atoms with van der Waals surface area (Å²) in [7, 11) is 0. The summed E-state index contributed by atoms with van der Waals surface area (Å²) in [5.74, 6) is -0.602. The van der Waals surface area contributed by atoms with Gasteiger partial charge in [-0.25, -0.2) is 4.39 Å². The SMILES string of the molecule is Cc1cc(N2CCCCC2C=O)c([N+](=O)[O-])cc1F. The van der Waals surface area contributed by atoms with Crippen LogP contribution >= 0.6 is 0 Å². The lowest BCUT2D eigenvalue weighted by atomic mass is 10.0. The molecule has 0 spiro atoms. The average molecular weight is 266 g/mol. The lowest BCUT2D eigenvalue weighted by Gasteiger charge is -2.34. The van der Waals surface area contributed by atoms with Crippen molar-refractivity contribution in [3.8, 4) is 0 Å². The van der Waals surface area contributed by atoms with Gasteiger partial charge in [0.25, 0.3) is 5.69 Å². The van der Waals surface area contributed by atoms with Crippen molar-refractivity contribution in [2.24, 2.45) is 0 Å². The Hall–Kier alpha value is -1.98. The van der Waals surface area contributed by atoms with Gasteiger partial charge in [0.2, 0.25) is 0 Å². The van der Waals surface area contributed by atoms with Crippen LogP contribution in [0.5, 0.6) is 0 Å². The maximum Gasteiger partial charge on any atom is 0.295 e. The van der Waals surface area contributed by atoms with Gasteiger partial charge in [-0.2, -0.15) is 0 Å². The molecule has 0 bridgehead atoms. The minimum Gasteiger partial charge on any atom is -0.356 e. The van der Waals surface area contributed by atoms with Crippen LogP contribution in [0.3, 0.4) is 0 Å². The van der Waals surface area contributed by atoms with Crippen LogP contribution in [-0.2, 0) is 4.79 Å². The predicted octanol–water partition coefficient (Wildman–Crippen LogP) is 2.60. The molecule has 1 fully saturated rings. The molecule has 0 N–H and O–H groups in total. The minimum atomic E-state index is -0.603. The molecule has 0 aromatic heterocycles. The van der Waals surface area contributed by atoms with Gasteiger partial charge in [-0.15, -0.1) is 0 Å². The molecule has 5 nitrogen and oxygen atoms in total. The summed E-state index contributed by atoms with van der Waals surface area (Å²) in [5.41, 5.74) is 0.397. The molecule has 0 saturated carbocycles. The third-order valence-corrected chi connectivity index (χ3v) is 3.47. The third-order valence-electron chi connectivity index (χ3n) is 3.47. The standard InChI is InChI=1S/C13H15FN2O3/c1-9-6-12(13(16(18)19)7-11(9)14)15-5-3-2-4-10(15)8-17/h6-8,10H,2-5H2,1H3. The van der Waals surface area contributed by atoms with E-state index in [2.05, 4.69) is 0 Å². The molecule has 1 aromatic rings. The van der Waals surface area contributed by atoms with Crippen molar-refractivity contribution in [1.29, 1.82) is 0 Å². The number of piperidine rings is 1. The molecule has 2 rings (SSSR count). The second-order valence-corrected chi connectivity index (χ2v) is 4.74. The van der Waals surface area contributed by atoms with Crippen LogP contribution in [-0.4, -0.2) is 23.8 Å². The number of aryl methyl sites for hydroxylation is 1. The van der Waals surface area contributed by atoms with Crippen molar-refractivity contribution in [3.63, 3.8) is 0 Å². The number of hydrogen-bond acceptors (Lipinski definition) is 4. The summed E-state index contributed by atoms with van der Waals surface area (Å²) in [6, 6.07) is 2.02. The van der Waals surface area contributed by atoms with Crippen molar-refractivity contribution >= 4 is 17.7 Å². The molecule has 1 aliphatic heterocycles. The minimum absolute atomic E-state index is 0.281. The van der Waals surface area contributed by atoms with E-state index >= 15 is 0 Å². The fourth-order valence-electron chi connectivity index (χ4n) is 2.43. The topological polar surface area (TPSA) is 63.5 Å². The molecule has 1 heterocycles. The van der Waals surface area contributed by atoms with Crippen LogP contribution in [0.1, 0.15) is 24.8 Å². The molecule has 1 unspecified atom stereocenters. The Morgan fingerprint density at radius 1 is 1.47 bits per heavy atom. The Labute approximate surface area is 110 Å². The highest BCUT2D eigenvalue weighted by molar-refractivity contribution is 5.72. The molecule has 0 aliphatic carbocycles. The van der Waals surface area contributed by atoms with Gasteiger partial charge in [0.15, 0.2) is 0 Å². The predicted molar refractivity (Wildman–Crippen MR) is 68.8 cm³/mol. The van der Waals surface area contributed by atoms with E-state index in [-0.39, 0.29) is 11.7 Å². The van der Waals surface area contributed by atoms with E-state index in [9.17, 15) is 19.3 Å². The van der Waals surface area contributed by atoms with Crippen LogP contribution in [0.2, 0.25) is 0 Å². The lowest BCUT2D eigenvalue weighted by molar-refractivity contribution is -0.384. The Morgan fingerprint density at radius 3 is 2.84 bits per heavy atom. The van der Waals surface area contributed by atoms with Gasteiger partial charge >= 0.3 is 0 Å². The Kier molecular flexibility index (Phi) is 3.78. The highest BCUT2D eigenvalue weighted by atomic mass is 19.1. The number of aldehydes is 1. The molecular formula is C13H15FN2O3. The van der Waals surface area contributed by atoms with Crippen LogP contribution in [0.15, 0.2) is 12.1 Å². The van der Waals surface area contributed by atoms with Gasteiger partial charge in [-0.05, 0) is 37.8 Å². The smallest absolute Gasteiger partial charge is 0.295 e. The molecule has 102 valence electrons. The van der Waals surface area contributed by atoms with Crippen molar-refractivity contribution in [3.05, 3.63) is 33.6 Å². The van der Waals surface area contributed by atoms with Gasteiger partial charge in [-0.1, -0.05) is 0 Å². The second-order valence-electron chi connectivity index (χ2n) is 4.74. The zero-order valence-corrected chi connectivity index (χ0v) is 10.6. The molecule has 0 radical (unpaired) electrons. The maximum atomic E-state index is 13.5. The van der Waals surface area contributed by atoms with Gasteiger partial charge in [0, 0.05) is 6.54 Å². The zero-order valence-electron chi connectivity index (χ0n) is 10.6. The van der Waals surface area contributed by atoms with E-state index in [1.807, 2.05) is 0 Å². The molecule has 1 saturated heterocycles. The Balaban J connectivity index is 2.50. The van der Waals surface area contributed by atoms with Crippen LogP contribution in [0.25, 0.3) is 0 Å². The summed E-state index contributed by atoms with van der Waals surface area (Å²) in [6.45, 7) is 2.14. The first kappa shape index (κ1) is 13.5. The lowest BCUT2D eigenvalue weighted by Crippen LogP contribution is -2.41. The van der Waals surface area contributed by atoms with Gasteiger partial charge < -0.3 is 9.69 Å². The molecule has 19 heavy (non-hydrogen) atoms. The number of anilines is 1. The molecule has 1 aromatic carbocycles. The third kappa shape index (κ3) is 2.57.